The third-order valence-electron chi connectivity index (χ3n) is 3.66. The maximum absolute atomic E-state index is 14.0. The van der Waals surface area contributed by atoms with Gasteiger partial charge in [0.05, 0.1) is 0 Å². The average molecular weight is 275 g/mol. The van der Waals surface area contributed by atoms with Crippen LogP contribution >= 0.6 is 0 Å². The van der Waals surface area contributed by atoms with E-state index in [2.05, 4.69) is 12.2 Å². The molecule has 0 aliphatic heterocycles. The Balaban J connectivity index is 2.38. The Kier molecular flexibility index (Phi) is 4.50. The molecule has 0 fully saturated rings. The fourth-order valence-electron chi connectivity index (χ4n) is 2.37. The molecule has 3 heteroatoms. The molecule has 0 aliphatic rings. The number of benzene rings is 2. The summed E-state index contributed by atoms with van der Waals surface area (Å²) < 4.78 is 27.6. The molecular formula is C17H19F2N. The van der Waals surface area contributed by atoms with Crippen LogP contribution in [-0.2, 0) is 0 Å². The van der Waals surface area contributed by atoms with E-state index in [0.717, 1.165) is 12.0 Å². The van der Waals surface area contributed by atoms with Crippen molar-refractivity contribution in [2.75, 3.05) is 7.05 Å². The zero-order valence-electron chi connectivity index (χ0n) is 12.0. The molecule has 2 rings (SSSR count). The monoisotopic (exact) mass is 275 g/mol. The van der Waals surface area contributed by atoms with Gasteiger partial charge in [0.2, 0.25) is 0 Å². The highest BCUT2D eigenvalue weighted by atomic mass is 19.2. The molecule has 106 valence electrons. The Morgan fingerprint density at radius 3 is 2.20 bits per heavy atom. The van der Waals surface area contributed by atoms with Gasteiger partial charge in [0, 0.05) is 11.6 Å². The molecular weight excluding hydrogens is 256 g/mol. The van der Waals surface area contributed by atoms with Gasteiger partial charge < -0.3 is 5.32 Å². The van der Waals surface area contributed by atoms with E-state index < -0.39 is 11.6 Å². The maximum Gasteiger partial charge on any atom is 0.166 e. The van der Waals surface area contributed by atoms with Crippen molar-refractivity contribution in [1.29, 1.82) is 0 Å². The van der Waals surface area contributed by atoms with Crippen LogP contribution < -0.4 is 5.32 Å². The van der Waals surface area contributed by atoms with Crippen molar-refractivity contribution in [3.8, 4) is 11.1 Å². The van der Waals surface area contributed by atoms with Gasteiger partial charge in [-0.25, -0.2) is 8.78 Å². The minimum absolute atomic E-state index is 0.281. The molecule has 0 saturated carbocycles. The van der Waals surface area contributed by atoms with Gasteiger partial charge in [0.25, 0.3) is 0 Å². The summed E-state index contributed by atoms with van der Waals surface area (Å²) in [6.07, 6.45) is 0.976. The molecule has 0 heterocycles. The van der Waals surface area contributed by atoms with Gasteiger partial charge in [-0.15, -0.1) is 0 Å². The summed E-state index contributed by atoms with van der Waals surface area (Å²) in [5, 5.41) is 3.22. The van der Waals surface area contributed by atoms with E-state index >= 15 is 0 Å². The van der Waals surface area contributed by atoms with Crippen molar-refractivity contribution in [2.45, 2.75) is 26.3 Å². The molecule has 0 spiro atoms. The van der Waals surface area contributed by atoms with Crippen molar-refractivity contribution < 1.29 is 8.78 Å². The lowest BCUT2D eigenvalue weighted by molar-refractivity contribution is 0.505. The molecule has 0 bridgehead atoms. The molecule has 1 nitrogen and oxygen atoms in total. The second-order valence-corrected chi connectivity index (χ2v) is 4.93. The van der Waals surface area contributed by atoms with Gasteiger partial charge in [0.15, 0.2) is 11.6 Å². The lowest BCUT2D eigenvalue weighted by Crippen LogP contribution is -2.14. The summed E-state index contributed by atoms with van der Waals surface area (Å²) in [6, 6.07) is 11.1. The van der Waals surface area contributed by atoms with Crippen molar-refractivity contribution >= 4 is 0 Å². The fourth-order valence-corrected chi connectivity index (χ4v) is 2.37. The molecule has 1 unspecified atom stereocenters. The fraction of sp³-hybridized carbons (Fsp3) is 0.294. The van der Waals surface area contributed by atoms with E-state index in [4.69, 9.17) is 0 Å². The highest BCUT2D eigenvalue weighted by Gasteiger charge is 2.13. The van der Waals surface area contributed by atoms with Crippen molar-refractivity contribution in [3.05, 3.63) is 59.2 Å². The molecule has 0 aliphatic carbocycles. The first-order valence-electron chi connectivity index (χ1n) is 6.80. The number of nitrogens with one attached hydrogen (secondary N) is 1. The summed E-state index contributed by atoms with van der Waals surface area (Å²) in [7, 11) is 1.91. The normalized spacial score (nSPS) is 12.4. The van der Waals surface area contributed by atoms with Gasteiger partial charge >= 0.3 is 0 Å². The first-order valence-corrected chi connectivity index (χ1v) is 6.80. The SMILES string of the molecule is CCC(NC)c1ccc(-c2ccc(C)c(F)c2F)cc1. The van der Waals surface area contributed by atoms with Crippen LogP contribution in [0.2, 0.25) is 0 Å². The van der Waals surface area contributed by atoms with Crippen LogP contribution in [0.5, 0.6) is 0 Å². The zero-order chi connectivity index (χ0) is 14.7. The van der Waals surface area contributed by atoms with E-state index in [1.807, 2.05) is 31.3 Å². The Morgan fingerprint density at radius 1 is 1.00 bits per heavy atom. The Bertz CT molecular complexity index is 587. The van der Waals surface area contributed by atoms with Crippen molar-refractivity contribution in [1.82, 2.24) is 5.32 Å². The second-order valence-electron chi connectivity index (χ2n) is 4.93. The Morgan fingerprint density at radius 2 is 1.65 bits per heavy atom. The van der Waals surface area contributed by atoms with Gasteiger partial charge in [-0.1, -0.05) is 43.3 Å². The third-order valence-corrected chi connectivity index (χ3v) is 3.66. The highest BCUT2D eigenvalue weighted by Crippen LogP contribution is 2.27. The summed E-state index contributed by atoms with van der Waals surface area (Å²) in [5.41, 5.74) is 2.46. The second kappa shape index (κ2) is 6.14. The minimum atomic E-state index is -0.779. The van der Waals surface area contributed by atoms with Gasteiger partial charge in [-0.3, -0.25) is 0 Å². The van der Waals surface area contributed by atoms with E-state index in [-0.39, 0.29) is 6.04 Å². The first kappa shape index (κ1) is 14.7. The van der Waals surface area contributed by atoms with Gasteiger partial charge in [-0.2, -0.15) is 0 Å². The molecule has 0 aromatic heterocycles. The van der Waals surface area contributed by atoms with Gasteiger partial charge in [0.1, 0.15) is 0 Å². The van der Waals surface area contributed by atoms with Crippen LogP contribution in [0.25, 0.3) is 11.1 Å². The number of aryl methyl sites for hydroxylation is 1. The predicted molar refractivity (Wildman–Crippen MR) is 78.6 cm³/mol. The van der Waals surface area contributed by atoms with Crippen LogP contribution in [0.3, 0.4) is 0 Å². The summed E-state index contributed by atoms with van der Waals surface area (Å²) in [6.45, 7) is 3.66. The minimum Gasteiger partial charge on any atom is -0.313 e. The van der Waals surface area contributed by atoms with E-state index in [1.165, 1.54) is 0 Å². The summed E-state index contributed by atoms with van der Waals surface area (Å²) >= 11 is 0. The van der Waals surface area contributed by atoms with Crippen LogP contribution in [0.4, 0.5) is 8.78 Å². The van der Waals surface area contributed by atoms with E-state index in [9.17, 15) is 8.78 Å². The molecule has 2 aromatic rings. The lowest BCUT2D eigenvalue weighted by atomic mass is 9.98. The molecule has 0 saturated heterocycles. The van der Waals surface area contributed by atoms with E-state index in [0.29, 0.717) is 16.7 Å². The third kappa shape index (κ3) is 2.73. The quantitative estimate of drug-likeness (QED) is 0.859. The lowest BCUT2D eigenvalue weighted by Gasteiger charge is -2.15. The summed E-state index contributed by atoms with van der Waals surface area (Å²) in [5.74, 6) is -1.55. The first-order chi connectivity index (χ1) is 9.58. The van der Waals surface area contributed by atoms with Crippen LogP contribution in [0.15, 0.2) is 36.4 Å². The standard InChI is InChI=1S/C17H19F2N/c1-4-15(20-3)13-8-6-12(7-9-13)14-10-5-11(2)16(18)17(14)19/h5-10,15,20H,4H2,1-3H3. The number of halogens is 2. The zero-order valence-corrected chi connectivity index (χ0v) is 12.0. The van der Waals surface area contributed by atoms with E-state index in [1.54, 1.807) is 19.1 Å². The molecule has 0 radical (unpaired) electrons. The highest BCUT2D eigenvalue weighted by molar-refractivity contribution is 5.65. The largest absolute Gasteiger partial charge is 0.313 e. The Labute approximate surface area is 118 Å². The molecule has 1 atom stereocenters. The number of rotatable bonds is 4. The molecule has 0 amide bonds. The van der Waals surface area contributed by atoms with Crippen LogP contribution in [-0.4, -0.2) is 7.05 Å². The van der Waals surface area contributed by atoms with Gasteiger partial charge in [-0.05, 0) is 37.1 Å². The van der Waals surface area contributed by atoms with Crippen LogP contribution in [0.1, 0.15) is 30.5 Å². The Hall–Kier alpha value is -1.74. The molecule has 1 N–H and O–H groups in total. The average Bonchev–Trinajstić information content (AvgIpc) is 2.47. The number of hydrogen-bond donors (Lipinski definition) is 1. The van der Waals surface area contributed by atoms with Crippen molar-refractivity contribution in [2.24, 2.45) is 0 Å². The predicted octanol–water partition coefficient (Wildman–Crippen LogP) is 4.61. The topological polar surface area (TPSA) is 12.0 Å². The summed E-state index contributed by atoms with van der Waals surface area (Å²) in [4.78, 5) is 0. The van der Waals surface area contributed by atoms with Crippen LogP contribution in [0, 0.1) is 18.6 Å². The maximum atomic E-state index is 14.0. The molecule has 2 aromatic carbocycles. The van der Waals surface area contributed by atoms with Crippen molar-refractivity contribution in [3.63, 3.8) is 0 Å². The number of hydrogen-bond acceptors (Lipinski definition) is 1. The smallest absolute Gasteiger partial charge is 0.166 e. The molecule has 20 heavy (non-hydrogen) atoms.